The van der Waals surface area contributed by atoms with E-state index in [1.807, 2.05) is 37.2 Å². The highest BCUT2D eigenvalue weighted by atomic mass is 16.2. The lowest BCUT2D eigenvalue weighted by molar-refractivity contribution is 0.167. The standard InChI is InChI=1S/C22H29N3O/c1-17(20-11-12-20)25(16-19-7-5-4-6-8-19)22(26)23-15-18-9-13-21(14-10-18)24(2)3/h4-10,13-14,17,20H,11-12,15-16H2,1-3H3,(H,23,26). The molecule has 1 saturated carbocycles. The highest BCUT2D eigenvalue weighted by Crippen LogP contribution is 2.35. The molecule has 0 heterocycles. The van der Waals surface area contributed by atoms with Crippen molar-refractivity contribution < 1.29 is 4.79 Å². The van der Waals surface area contributed by atoms with Gasteiger partial charge in [0.25, 0.3) is 0 Å². The number of amides is 2. The molecule has 26 heavy (non-hydrogen) atoms. The quantitative estimate of drug-likeness (QED) is 0.809. The first-order valence-electron chi connectivity index (χ1n) is 9.39. The second kappa shape index (κ2) is 8.26. The van der Waals surface area contributed by atoms with E-state index in [2.05, 4.69) is 53.5 Å². The molecule has 4 heteroatoms. The Labute approximate surface area is 156 Å². The molecule has 0 aromatic heterocycles. The fraction of sp³-hybridized carbons (Fsp3) is 0.409. The Hall–Kier alpha value is -2.49. The van der Waals surface area contributed by atoms with Gasteiger partial charge in [-0.15, -0.1) is 0 Å². The number of benzene rings is 2. The molecular formula is C22H29N3O. The van der Waals surface area contributed by atoms with Gasteiger partial charge in [-0.05, 0) is 48.9 Å². The van der Waals surface area contributed by atoms with Gasteiger partial charge in [-0.3, -0.25) is 0 Å². The number of anilines is 1. The van der Waals surface area contributed by atoms with Gasteiger partial charge in [0.15, 0.2) is 0 Å². The van der Waals surface area contributed by atoms with Crippen LogP contribution in [0.5, 0.6) is 0 Å². The third kappa shape index (κ3) is 4.78. The van der Waals surface area contributed by atoms with Crippen LogP contribution in [0.2, 0.25) is 0 Å². The molecule has 1 aliphatic carbocycles. The summed E-state index contributed by atoms with van der Waals surface area (Å²) in [5.74, 6) is 0.642. The number of hydrogen-bond donors (Lipinski definition) is 1. The van der Waals surface area contributed by atoms with Crippen molar-refractivity contribution in [1.82, 2.24) is 10.2 Å². The summed E-state index contributed by atoms with van der Waals surface area (Å²) in [6.45, 7) is 3.38. The molecule has 0 spiro atoms. The third-order valence-corrected chi connectivity index (χ3v) is 5.15. The van der Waals surface area contributed by atoms with E-state index >= 15 is 0 Å². The summed E-state index contributed by atoms with van der Waals surface area (Å²) < 4.78 is 0. The van der Waals surface area contributed by atoms with Gasteiger partial charge in [-0.25, -0.2) is 4.79 Å². The topological polar surface area (TPSA) is 35.6 Å². The summed E-state index contributed by atoms with van der Waals surface area (Å²) in [6.07, 6.45) is 2.46. The Bertz CT molecular complexity index is 708. The Morgan fingerprint density at radius 3 is 2.27 bits per heavy atom. The summed E-state index contributed by atoms with van der Waals surface area (Å²) in [4.78, 5) is 16.9. The average molecular weight is 351 g/mol. The number of nitrogens with zero attached hydrogens (tertiary/aromatic N) is 2. The van der Waals surface area contributed by atoms with E-state index in [1.165, 1.54) is 18.4 Å². The lowest BCUT2D eigenvalue weighted by Crippen LogP contribution is -2.45. The molecule has 2 aromatic rings. The van der Waals surface area contributed by atoms with Crippen LogP contribution in [0.1, 0.15) is 30.9 Å². The van der Waals surface area contributed by atoms with Gasteiger partial charge < -0.3 is 15.1 Å². The number of carbonyl (C=O) groups excluding carboxylic acids is 1. The molecular weight excluding hydrogens is 322 g/mol. The van der Waals surface area contributed by atoms with Gasteiger partial charge in [0.1, 0.15) is 0 Å². The van der Waals surface area contributed by atoms with Crippen molar-refractivity contribution in [3.63, 3.8) is 0 Å². The lowest BCUT2D eigenvalue weighted by atomic mass is 10.1. The van der Waals surface area contributed by atoms with Crippen LogP contribution >= 0.6 is 0 Å². The number of hydrogen-bond acceptors (Lipinski definition) is 2. The van der Waals surface area contributed by atoms with Gasteiger partial charge in [-0.2, -0.15) is 0 Å². The zero-order valence-corrected chi connectivity index (χ0v) is 16.0. The fourth-order valence-electron chi connectivity index (χ4n) is 3.21. The van der Waals surface area contributed by atoms with Crippen LogP contribution < -0.4 is 10.2 Å². The summed E-state index contributed by atoms with van der Waals surface area (Å²) >= 11 is 0. The van der Waals surface area contributed by atoms with E-state index in [-0.39, 0.29) is 12.1 Å². The molecule has 1 atom stereocenters. The second-order valence-electron chi connectivity index (χ2n) is 7.41. The summed E-state index contributed by atoms with van der Waals surface area (Å²) in [6, 6.07) is 18.8. The maximum absolute atomic E-state index is 12.9. The van der Waals surface area contributed by atoms with Gasteiger partial charge in [-0.1, -0.05) is 42.5 Å². The van der Waals surface area contributed by atoms with Crippen molar-refractivity contribution >= 4 is 11.7 Å². The third-order valence-electron chi connectivity index (χ3n) is 5.15. The smallest absolute Gasteiger partial charge is 0.318 e. The predicted octanol–water partition coefficient (Wildman–Crippen LogP) is 4.26. The molecule has 1 aliphatic rings. The van der Waals surface area contributed by atoms with Crippen LogP contribution in [0, 0.1) is 5.92 Å². The second-order valence-corrected chi connectivity index (χ2v) is 7.41. The molecule has 0 saturated heterocycles. The first-order chi connectivity index (χ1) is 12.5. The minimum absolute atomic E-state index is 0.0185. The minimum atomic E-state index is 0.0185. The van der Waals surface area contributed by atoms with Crippen molar-refractivity contribution in [3.05, 3.63) is 65.7 Å². The van der Waals surface area contributed by atoms with Crippen LogP contribution in [-0.4, -0.2) is 31.1 Å². The van der Waals surface area contributed by atoms with E-state index in [0.717, 1.165) is 11.3 Å². The van der Waals surface area contributed by atoms with E-state index < -0.39 is 0 Å². The number of nitrogens with one attached hydrogen (secondary N) is 1. The molecule has 2 amide bonds. The molecule has 0 aliphatic heterocycles. The monoisotopic (exact) mass is 351 g/mol. The highest BCUT2D eigenvalue weighted by Gasteiger charge is 2.34. The van der Waals surface area contributed by atoms with Crippen molar-refractivity contribution in [2.45, 2.75) is 38.9 Å². The van der Waals surface area contributed by atoms with E-state index in [4.69, 9.17) is 0 Å². The molecule has 2 aromatic carbocycles. The van der Waals surface area contributed by atoms with Crippen molar-refractivity contribution in [3.8, 4) is 0 Å². The Kier molecular flexibility index (Phi) is 5.82. The number of rotatable bonds is 7. The highest BCUT2D eigenvalue weighted by molar-refractivity contribution is 5.74. The molecule has 1 N–H and O–H groups in total. The van der Waals surface area contributed by atoms with Gasteiger partial charge in [0.05, 0.1) is 0 Å². The van der Waals surface area contributed by atoms with Crippen LogP contribution in [0.3, 0.4) is 0 Å². The number of urea groups is 1. The van der Waals surface area contributed by atoms with E-state index in [9.17, 15) is 4.79 Å². The Balaban J connectivity index is 1.63. The SMILES string of the molecule is CC(C1CC1)N(Cc1ccccc1)C(=O)NCc1ccc(N(C)C)cc1. The van der Waals surface area contributed by atoms with Crippen LogP contribution in [0.25, 0.3) is 0 Å². The molecule has 3 rings (SSSR count). The Morgan fingerprint density at radius 1 is 1.04 bits per heavy atom. The van der Waals surface area contributed by atoms with Crippen LogP contribution in [0.4, 0.5) is 10.5 Å². The summed E-state index contributed by atoms with van der Waals surface area (Å²) in [5, 5.41) is 3.10. The maximum atomic E-state index is 12.9. The van der Waals surface area contributed by atoms with E-state index in [1.54, 1.807) is 0 Å². The first kappa shape index (κ1) is 18.3. The largest absolute Gasteiger partial charge is 0.378 e. The molecule has 138 valence electrons. The zero-order chi connectivity index (χ0) is 18.5. The summed E-state index contributed by atoms with van der Waals surface area (Å²) in [7, 11) is 4.05. The fourth-order valence-corrected chi connectivity index (χ4v) is 3.21. The van der Waals surface area contributed by atoms with Gasteiger partial charge in [0.2, 0.25) is 0 Å². The zero-order valence-electron chi connectivity index (χ0n) is 16.0. The lowest BCUT2D eigenvalue weighted by Gasteiger charge is -2.30. The molecule has 0 bridgehead atoms. The molecule has 0 radical (unpaired) electrons. The van der Waals surface area contributed by atoms with Crippen LogP contribution in [0.15, 0.2) is 54.6 Å². The Morgan fingerprint density at radius 2 is 1.69 bits per heavy atom. The van der Waals surface area contributed by atoms with E-state index in [0.29, 0.717) is 19.0 Å². The predicted molar refractivity (Wildman–Crippen MR) is 107 cm³/mol. The normalized spacial score (nSPS) is 14.6. The van der Waals surface area contributed by atoms with Crippen LogP contribution in [-0.2, 0) is 13.1 Å². The average Bonchev–Trinajstić information content (AvgIpc) is 3.50. The van der Waals surface area contributed by atoms with Gasteiger partial charge in [0, 0.05) is 38.9 Å². The van der Waals surface area contributed by atoms with Crippen molar-refractivity contribution in [2.24, 2.45) is 5.92 Å². The number of carbonyl (C=O) groups is 1. The minimum Gasteiger partial charge on any atom is -0.378 e. The van der Waals surface area contributed by atoms with Crippen molar-refractivity contribution in [1.29, 1.82) is 0 Å². The van der Waals surface area contributed by atoms with Crippen molar-refractivity contribution in [2.75, 3.05) is 19.0 Å². The molecule has 1 unspecified atom stereocenters. The summed E-state index contributed by atoms with van der Waals surface area (Å²) in [5.41, 5.74) is 3.45. The first-order valence-corrected chi connectivity index (χ1v) is 9.39. The molecule has 1 fully saturated rings. The van der Waals surface area contributed by atoms with Gasteiger partial charge >= 0.3 is 6.03 Å². The molecule has 4 nitrogen and oxygen atoms in total. The maximum Gasteiger partial charge on any atom is 0.318 e.